The topological polar surface area (TPSA) is 159 Å². The maximum atomic E-state index is 13.8. The minimum atomic E-state index is -1.78. The molecule has 1 fully saturated rings. The lowest BCUT2D eigenvalue weighted by Gasteiger charge is -2.29. The van der Waals surface area contributed by atoms with Gasteiger partial charge in [0.2, 0.25) is 5.91 Å². The molecule has 0 spiro atoms. The molecule has 1 aromatic rings. The van der Waals surface area contributed by atoms with Crippen molar-refractivity contribution < 1.29 is 39.2 Å². The third-order valence-corrected chi connectivity index (χ3v) is 8.82. The van der Waals surface area contributed by atoms with Crippen molar-refractivity contribution in [1.29, 1.82) is 0 Å². The molecular formula is C38H63N3O8. The smallest absolute Gasteiger partial charge is 0.306 e. The predicted octanol–water partition coefficient (Wildman–Crippen LogP) is 5.00. The molecule has 2 amide bonds. The second-order valence-electron chi connectivity index (χ2n) is 14.5. The number of unbranched alkanes of at least 4 members (excludes halogenated alkanes) is 10. The van der Waals surface area contributed by atoms with Crippen LogP contribution in [0.5, 0.6) is 0 Å². The standard InChI is InChI=1S/C38H63N3O8/c1-6-7-8-9-10-11-12-13-14-15-16-19-32(43)49-29-20-21-30(37(47)41(27-29)26-28-18-17-24-39-25-28)40-36(46)35(48-5)34(45)33(44)31(42)22-23-38(2,3)4/h17-18,22-25,29-31,33-35,42,44-45H,6-16,19-21,26-27H2,1-5H3,(H,40,46)/t29-,30+,31-,33+,34-,35-/m1/s1. The molecule has 0 saturated carbocycles. The normalized spacial score (nSPS) is 19.7. The van der Waals surface area contributed by atoms with E-state index in [1.165, 1.54) is 64.6 Å². The first-order chi connectivity index (χ1) is 23.4. The number of methoxy groups -OCH3 is 1. The fraction of sp³-hybridized carbons (Fsp3) is 0.737. The van der Waals surface area contributed by atoms with E-state index in [9.17, 15) is 29.7 Å². The minimum absolute atomic E-state index is 0.158. The number of hydrogen-bond donors (Lipinski definition) is 4. The number of amides is 2. The summed E-state index contributed by atoms with van der Waals surface area (Å²) in [5, 5.41) is 34.4. The van der Waals surface area contributed by atoms with E-state index in [0.717, 1.165) is 24.8 Å². The van der Waals surface area contributed by atoms with Crippen LogP contribution in [0.25, 0.3) is 0 Å². The summed E-state index contributed by atoms with van der Waals surface area (Å²) >= 11 is 0. The Labute approximate surface area is 293 Å². The van der Waals surface area contributed by atoms with Crippen LogP contribution in [0.1, 0.15) is 123 Å². The lowest BCUT2D eigenvalue weighted by Crippen LogP contribution is -2.55. The number of rotatable bonds is 22. The van der Waals surface area contributed by atoms with Gasteiger partial charge in [-0.25, -0.2) is 0 Å². The van der Waals surface area contributed by atoms with Crippen LogP contribution >= 0.6 is 0 Å². The summed E-state index contributed by atoms with van der Waals surface area (Å²) in [6.07, 6.45) is 13.2. The highest BCUT2D eigenvalue weighted by Crippen LogP contribution is 2.21. The molecule has 49 heavy (non-hydrogen) atoms. The van der Waals surface area contributed by atoms with Gasteiger partial charge in [0.25, 0.3) is 5.91 Å². The first-order valence-corrected chi connectivity index (χ1v) is 18.3. The van der Waals surface area contributed by atoms with E-state index in [4.69, 9.17) is 9.47 Å². The molecule has 2 rings (SSSR count). The molecule has 0 radical (unpaired) electrons. The molecule has 11 nitrogen and oxygen atoms in total. The Balaban J connectivity index is 1.97. The second kappa shape index (κ2) is 22.8. The van der Waals surface area contributed by atoms with Gasteiger partial charge in [-0.3, -0.25) is 19.4 Å². The predicted molar refractivity (Wildman–Crippen MR) is 189 cm³/mol. The van der Waals surface area contributed by atoms with Gasteiger partial charge in [0, 0.05) is 32.5 Å². The molecule has 0 aromatic carbocycles. The summed E-state index contributed by atoms with van der Waals surface area (Å²) in [4.78, 5) is 45.6. The Bertz CT molecular complexity index is 1130. The number of allylic oxidation sites excluding steroid dienone is 1. The van der Waals surface area contributed by atoms with Gasteiger partial charge in [0.15, 0.2) is 6.10 Å². The molecule has 4 N–H and O–H groups in total. The molecule has 278 valence electrons. The monoisotopic (exact) mass is 689 g/mol. The van der Waals surface area contributed by atoms with Crippen molar-refractivity contribution in [3.05, 3.63) is 42.2 Å². The van der Waals surface area contributed by atoms with Crippen LogP contribution < -0.4 is 5.32 Å². The SMILES string of the molecule is CCCCCCCCCCCCCC(=O)O[C@@H]1CC[C@H](NC(=O)[C@H](OC)[C@H](O)[C@@H](O)[C@H](O)C=CC(C)(C)C)C(=O)N(Cc2cccnc2)C1. The molecule has 2 heterocycles. The Morgan fingerprint density at radius 1 is 1.00 bits per heavy atom. The van der Waals surface area contributed by atoms with Crippen molar-refractivity contribution in [2.24, 2.45) is 5.41 Å². The zero-order valence-corrected chi connectivity index (χ0v) is 30.5. The molecular weight excluding hydrogens is 626 g/mol. The molecule has 1 aliphatic rings. The highest BCUT2D eigenvalue weighted by Gasteiger charge is 2.39. The van der Waals surface area contributed by atoms with Gasteiger partial charge in [0.05, 0.1) is 6.54 Å². The second-order valence-corrected chi connectivity index (χ2v) is 14.5. The number of nitrogens with one attached hydrogen (secondary N) is 1. The van der Waals surface area contributed by atoms with Crippen molar-refractivity contribution in [3.63, 3.8) is 0 Å². The van der Waals surface area contributed by atoms with E-state index < -0.39 is 42.5 Å². The van der Waals surface area contributed by atoms with Crippen LogP contribution in [0, 0.1) is 5.41 Å². The number of esters is 1. The number of carbonyl (C=O) groups is 3. The van der Waals surface area contributed by atoms with Crippen LogP contribution in [-0.4, -0.2) is 93.2 Å². The molecule has 1 aromatic heterocycles. The van der Waals surface area contributed by atoms with E-state index in [-0.39, 0.29) is 36.8 Å². The summed E-state index contributed by atoms with van der Waals surface area (Å²) in [5.41, 5.74) is 0.504. The van der Waals surface area contributed by atoms with Crippen molar-refractivity contribution in [3.8, 4) is 0 Å². The average Bonchev–Trinajstić information content (AvgIpc) is 3.20. The average molecular weight is 690 g/mol. The molecule has 0 unspecified atom stereocenters. The Morgan fingerprint density at radius 2 is 1.63 bits per heavy atom. The zero-order valence-electron chi connectivity index (χ0n) is 30.5. The van der Waals surface area contributed by atoms with Crippen molar-refractivity contribution in [2.45, 2.75) is 161 Å². The highest BCUT2D eigenvalue weighted by atomic mass is 16.5. The first-order valence-electron chi connectivity index (χ1n) is 18.3. The van der Waals surface area contributed by atoms with Crippen LogP contribution in [0.3, 0.4) is 0 Å². The lowest BCUT2D eigenvalue weighted by atomic mass is 9.94. The van der Waals surface area contributed by atoms with Crippen molar-refractivity contribution in [1.82, 2.24) is 15.2 Å². The molecule has 11 heteroatoms. The van der Waals surface area contributed by atoms with Gasteiger partial charge in [-0.05, 0) is 36.3 Å². The van der Waals surface area contributed by atoms with Gasteiger partial charge in [0.1, 0.15) is 30.5 Å². The molecule has 0 aliphatic carbocycles. The van der Waals surface area contributed by atoms with Gasteiger partial charge < -0.3 is 35.0 Å². The van der Waals surface area contributed by atoms with Crippen LogP contribution in [0.15, 0.2) is 36.7 Å². The highest BCUT2D eigenvalue weighted by molar-refractivity contribution is 5.90. The number of aromatic nitrogens is 1. The Morgan fingerprint density at radius 3 is 2.20 bits per heavy atom. The van der Waals surface area contributed by atoms with E-state index in [0.29, 0.717) is 12.8 Å². The number of likely N-dealkylation sites (tertiary alicyclic amines) is 1. The number of aliphatic hydroxyl groups is 3. The van der Waals surface area contributed by atoms with Gasteiger partial charge in [-0.1, -0.05) is 110 Å². The Kier molecular flexibility index (Phi) is 19.7. The summed E-state index contributed by atoms with van der Waals surface area (Å²) in [7, 11) is 1.20. The maximum Gasteiger partial charge on any atom is 0.306 e. The van der Waals surface area contributed by atoms with E-state index in [1.54, 1.807) is 29.4 Å². The van der Waals surface area contributed by atoms with E-state index in [1.807, 2.05) is 26.8 Å². The van der Waals surface area contributed by atoms with Crippen molar-refractivity contribution in [2.75, 3.05) is 13.7 Å². The largest absolute Gasteiger partial charge is 0.460 e. The van der Waals surface area contributed by atoms with Gasteiger partial charge in [-0.15, -0.1) is 0 Å². The number of aliphatic hydroxyl groups excluding tert-OH is 3. The number of carbonyl (C=O) groups excluding carboxylic acids is 3. The number of ether oxygens (including phenoxy) is 2. The quantitative estimate of drug-likeness (QED) is 0.0747. The summed E-state index contributed by atoms with van der Waals surface area (Å²) < 4.78 is 11.1. The third kappa shape index (κ3) is 16.6. The van der Waals surface area contributed by atoms with Crippen LogP contribution in [0.4, 0.5) is 0 Å². The lowest BCUT2D eigenvalue weighted by molar-refractivity contribution is -0.152. The van der Waals surface area contributed by atoms with Crippen molar-refractivity contribution >= 4 is 17.8 Å². The first kappa shape index (κ1) is 42.3. The fourth-order valence-electron chi connectivity index (χ4n) is 5.92. The summed E-state index contributed by atoms with van der Waals surface area (Å²) in [5.74, 6) is -1.49. The van der Waals surface area contributed by atoms with E-state index >= 15 is 0 Å². The number of pyridine rings is 1. The Hall–Kier alpha value is -2.86. The maximum absolute atomic E-state index is 13.8. The number of hydrogen-bond acceptors (Lipinski definition) is 9. The third-order valence-electron chi connectivity index (χ3n) is 8.82. The molecule has 6 atom stereocenters. The minimum Gasteiger partial charge on any atom is -0.460 e. The summed E-state index contributed by atoms with van der Waals surface area (Å²) in [6, 6.07) is 2.61. The van der Waals surface area contributed by atoms with Gasteiger partial charge >= 0.3 is 5.97 Å². The summed E-state index contributed by atoms with van der Waals surface area (Å²) in [6.45, 7) is 8.33. The molecule has 1 saturated heterocycles. The fourth-order valence-corrected chi connectivity index (χ4v) is 5.92. The van der Waals surface area contributed by atoms with Crippen LogP contribution in [-0.2, 0) is 30.4 Å². The zero-order chi connectivity index (χ0) is 36.2. The number of nitrogens with zero attached hydrogens (tertiary/aromatic N) is 2. The molecule has 0 bridgehead atoms. The molecule has 1 aliphatic heterocycles. The van der Waals surface area contributed by atoms with E-state index in [2.05, 4.69) is 17.2 Å². The van der Waals surface area contributed by atoms with Gasteiger partial charge in [-0.2, -0.15) is 0 Å². The van der Waals surface area contributed by atoms with Crippen LogP contribution in [0.2, 0.25) is 0 Å².